The SMILES string of the molecule is CC(C)(C)NCCc1cc(Br)cs1. The molecule has 0 radical (unpaired) electrons. The second-order valence-electron chi connectivity index (χ2n) is 4.16. The lowest BCUT2D eigenvalue weighted by Gasteiger charge is -2.19. The number of thiophene rings is 1. The molecule has 0 aliphatic rings. The molecular formula is C10H16BrNS. The van der Waals surface area contributed by atoms with Crippen molar-refractivity contribution in [3.63, 3.8) is 0 Å². The van der Waals surface area contributed by atoms with Gasteiger partial charge in [0, 0.05) is 26.8 Å². The molecule has 1 aromatic heterocycles. The normalized spacial score (nSPS) is 12.0. The molecule has 0 aliphatic carbocycles. The first-order chi connectivity index (χ1) is 5.97. The highest BCUT2D eigenvalue weighted by Crippen LogP contribution is 2.19. The Morgan fingerprint density at radius 1 is 1.46 bits per heavy atom. The third-order valence-corrected chi connectivity index (χ3v) is 3.41. The molecule has 74 valence electrons. The van der Waals surface area contributed by atoms with Gasteiger partial charge in [0.2, 0.25) is 0 Å². The van der Waals surface area contributed by atoms with Crippen LogP contribution in [-0.4, -0.2) is 12.1 Å². The largest absolute Gasteiger partial charge is 0.312 e. The summed E-state index contributed by atoms with van der Waals surface area (Å²) in [7, 11) is 0. The summed E-state index contributed by atoms with van der Waals surface area (Å²) in [4.78, 5) is 1.43. The van der Waals surface area contributed by atoms with Gasteiger partial charge in [-0.05, 0) is 49.2 Å². The second-order valence-corrected chi connectivity index (χ2v) is 6.07. The van der Waals surface area contributed by atoms with Gasteiger partial charge in [0.05, 0.1) is 0 Å². The highest BCUT2D eigenvalue weighted by Gasteiger charge is 2.07. The molecule has 0 bridgehead atoms. The Morgan fingerprint density at radius 2 is 2.15 bits per heavy atom. The van der Waals surface area contributed by atoms with Gasteiger partial charge in [0.25, 0.3) is 0 Å². The summed E-state index contributed by atoms with van der Waals surface area (Å²) in [5, 5.41) is 5.60. The van der Waals surface area contributed by atoms with Gasteiger partial charge in [0.15, 0.2) is 0 Å². The van der Waals surface area contributed by atoms with Crippen LogP contribution in [0.3, 0.4) is 0 Å². The van der Waals surface area contributed by atoms with Gasteiger partial charge >= 0.3 is 0 Å². The van der Waals surface area contributed by atoms with E-state index < -0.39 is 0 Å². The van der Waals surface area contributed by atoms with Crippen LogP contribution in [0.25, 0.3) is 0 Å². The van der Waals surface area contributed by atoms with Crippen LogP contribution in [0.1, 0.15) is 25.6 Å². The molecule has 0 atom stereocenters. The minimum absolute atomic E-state index is 0.231. The highest BCUT2D eigenvalue weighted by molar-refractivity contribution is 9.10. The summed E-state index contributed by atoms with van der Waals surface area (Å²) in [6.45, 7) is 7.63. The van der Waals surface area contributed by atoms with E-state index in [0.29, 0.717) is 0 Å². The molecule has 1 nitrogen and oxygen atoms in total. The lowest BCUT2D eigenvalue weighted by atomic mass is 10.1. The van der Waals surface area contributed by atoms with Crippen molar-refractivity contribution in [2.45, 2.75) is 32.7 Å². The zero-order valence-corrected chi connectivity index (χ0v) is 10.8. The Morgan fingerprint density at radius 3 is 2.62 bits per heavy atom. The van der Waals surface area contributed by atoms with Gasteiger partial charge in [-0.2, -0.15) is 0 Å². The molecule has 0 saturated carbocycles. The molecule has 1 rings (SSSR count). The maximum absolute atomic E-state index is 3.47. The summed E-state index contributed by atoms with van der Waals surface area (Å²) in [6, 6.07) is 2.19. The molecule has 0 fully saturated rings. The molecule has 0 aliphatic heterocycles. The zero-order valence-electron chi connectivity index (χ0n) is 8.36. The molecular weight excluding hydrogens is 246 g/mol. The van der Waals surface area contributed by atoms with Gasteiger partial charge in [-0.3, -0.25) is 0 Å². The number of nitrogens with one attached hydrogen (secondary N) is 1. The Labute approximate surface area is 92.7 Å². The predicted octanol–water partition coefficient (Wildman–Crippen LogP) is 3.44. The van der Waals surface area contributed by atoms with Crippen LogP contribution in [0.4, 0.5) is 0 Å². The molecule has 13 heavy (non-hydrogen) atoms. The second kappa shape index (κ2) is 4.58. The highest BCUT2D eigenvalue weighted by atomic mass is 79.9. The molecule has 1 aromatic rings. The lowest BCUT2D eigenvalue weighted by Crippen LogP contribution is -2.36. The van der Waals surface area contributed by atoms with Crippen molar-refractivity contribution in [3.05, 3.63) is 20.8 Å². The van der Waals surface area contributed by atoms with Crippen molar-refractivity contribution >= 4 is 27.3 Å². The predicted molar refractivity (Wildman–Crippen MR) is 63.5 cm³/mol. The summed E-state index contributed by atoms with van der Waals surface area (Å²) in [5.41, 5.74) is 0.231. The van der Waals surface area contributed by atoms with E-state index in [9.17, 15) is 0 Å². The fourth-order valence-electron chi connectivity index (χ4n) is 1.05. The molecule has 0 spiro atoms. The fourth-order valence-corrected chi connectivity index (χ4v) is 2.50. The van der Waals surface area contributed by atoms with Gasteiger partial charge in [0.1, 0.15) is 0 Å². The van der Waals surface area contributed by atoms with Crippen molar-refractivity contribution in [1.29, 1.82) is 0 Å². The van der Waals surface area contributed by atoms with E-state index in [1.165, 1.54) is 9.35 Å². The van der Waals surface area contributed by atoms with Crippen molar-refractivity contribution < 1.29 is 0 Å². The van der Waals surface area contributed by atoms with Crippen LogP contribution in [0.5, 0.6) is 0 Å². The standard InChI is InChI=1S/C10H16BrNS/c1-10(2,3)12-5-4-9-6-8(11)7-13-9/h6-7,12H,4-5H2,1-3H3. The third kappa shape index (κ3) is 4.79. The maximum Gasteiger partial charge on any atom is 0.0285 e. The number of rotatable bonds is 3. The van der Waals surface area contributed by atoms with Gasteiger partial charge in [-0.25, -0.2) is 0 Å². The van der Waals surface area contributed by atoms with E-state index in [1.807, 2.05) is 11.3 Å². The van der Waals surface area contributed by atoms with Gasteiger partial charge in [-0.1, -0.05) is 0 Å². The van der Waals surface area contributed by atoms with Crippen LogP contribution in [0.15, 0.2) is 15.9 Å². The number of halogens is 1. The van der Waals surface area contributed by atoms with E-state index in [-0.39, 0.29) is 5.54 Å². The summed E-state index contributed by atoms with van der Waals surface area (Å²) < 4.78 is 1.20. The average Bonchev–Trinajstić information content (AvgIpc) is 2.33. The number of hydrogen-bond donors (Lipinski definition) is 1. The van der Waals surface area contributed by atoms with Crippen LogP contribution in [-0.2, 0) is 6.42 Å². The smallest absolute Gasteiger partial charge is 0.0285 e. The summed E-state index contributed by atoms with van der Waals surface area (Å²) in [5.74, 6) is 0. The molecule has 0 saturated heterocycles. The first kappa shape index (κ1) is 11.2. The van der Waals surface area contributed by atoms with Crippen LogP contribution in [0.2, 0.25) is 0 Å². The van der Waals surface area contributed by atoms with Gasteiger partial charge < -0.3 is 5.32 Å². The van der Waals surface area contributed by atoms with E-state index in [2.05, 4.69) is 53.5 Å². The molecule has 0 unspecified atom stereocenters. The Hall–Kier alpha value is 0.140. The van der Waals surface area contributed by atoms with Crippen molar-refractivity contribution in [2.75, 3.05) is 6.54 Å². The minimum Gasteiger partial charge on any atom is -0.312 e. The first-order valence-corrected chi connectivity index (χ1v) is 6.12. The first-order valence-electron chi connectivity index (χ1n) is 4.45. The van der Waals surface area contributed by atoms with Crippen LogP contribution in [0, 0.1) is 0 Å². The molecule has 1 heterocycles. The molecule has 3 heteroatoms. The molecule has 0 amide bonds. The van der Waals surface area contributed by atoms with Crippen molar-refractivity contribution in [3.8, 4) is 0 Å². The monoisotopic (exact) mass is 261 g/mol. The topological polar surface area (TPSA) is 12.0 Å². The summed E-state index contributed by atoms with van der Waals surface area (Å²) >= 11 is 5.27. The molecule has 0 aromatic carbocycles. The van der Waals surface area contributed by atoms with E-state index in [0.717, 1.165) is 13.0 Å². The van der Waals surface area contributed by atoms with E-state index in [1.54, 1.807) is 0 Å². The van der Waals surface area contributed by atoms with Gasteiger partial charge in [-0.15, -0.1) is 11.3 Å². The van der Waals surface area contributed by atoms with Crippen LogP contribution < -0.4 is 5.32 Å². The summed E-state index contributed by atoms with van der Waals surface area (Å²) in [6.07, 6.45) is 1.12. The third-order valence-electron chi connectivity index (χ3n) is 1.65. The quantitative estimate of drug-likeness (QED) is 0.879. The minimum atomic E-state index is 0.231. The maximum atomic E-state index is 3.47. The molecule has 1 N–H and O–H groups in total. The fraction of sp³-hybridized carbons (Fsp3) is 0.600. The Balaban J connectivity index is 2.28. The van der Waals surface area contributed by atoms with Crippen molar-refractivity contribution in [2.24, 2.45) is 0 Å². The lowest BCUT2D eigenvalue weighted by molar-refractivity contribution is 0.430. The average molecular weight is 262 g/mol. The van der Waals surface area contributed by atoms with E-state index >= 15 is 0 Å². The van der Waals surface area contributed by atoms with Crippen molar-refractivity contribution in [1.82, 2.24) is 5.32 Å². The van der Waals surface area contributed by atoms with E-state index in [4.69, 9.17) is 0 Å². The Bertz CT molecular complexity index is 262. The Kier molecular flexibility index (Phi) is 3.95. The number of hydrogen-bond acceptors (Lipinski definition) is 2. The van der Waals surface area contributed by atoms with Crippen LogP contribution >= 0.6 is 27.3 Å². The zero-order chi connectivity index (χ0) is 9.90.